The molecule has 0 aliphatic heterocycles. The number of halogens is 1. The van der Waals surface area contributed by atoms with E-state index in [2.05, 4.69) is 58.7 Å². The lowest BCUT2D eigenvalue weighted by molar-refractivity contribution is 0.143. The highest BCUT2D eigenvalue weighted by Gasteiger charge is 2.20. The van der Waals surface area contributed by atoms with Crippen LogP contribution in [-0.2, 0) is 16.7 Å². The van der Waals surface area contributed by atoms with Gasteiger partial charge >= 0.3 is 0 Å². The Morgan fingerprint density at radius 1 is 1.07 bits per heavy atom. The highest BCUT2D eigenvalue weighted by atomic mass is 127. The lowest BCUT2D eigenvalue weighted by Crippen LogP contribution is -2.43. The first kappa shape index (κ1) is 24.2. The van der Waals surface area contributed by atoms with Crippen molar-refractivity contribution in [1.82, 2.24) is 15.6 Å². The average Bonchev–Trinajstić information content (AvgIpc) is 2.70. The third kappa shape index (κ3) is 8.02. The monoisotopic (exact) mass is 498 g/mol. The average molecular weight is 498 g/mol. The van der Waals surface area contributed by atoms with Crippen molar-refractivity contribution in [2.45, 2.75) is 25.8 Å². The Bertz CT molecular complexity index is 706. The topological polar surface area (TPSA) is 67.8 Å². The van der Waals surface area contributed by atoms with Gasteiger partial charge in [-0.25, -0.2) is 4.98 Å². The molecule has 0 fully saturated rings. The molecule has 2 aromatic rings. The minimum atomic E-state index is 0. The number of pyridine rings is 1. The summed E-state index contributed by atoms with van der Waals surface area (Å²) in [6.45, 7) is 6.89. The van der Waals surface area contributed by atoms with Crippen molar-refractivity contribution in [2.75, 3.05) is 33.9 Å². The summed E-state index contributed by atoms with van der Waals surface area (Å²) in [4.78, 5) is 8.60. The van der Waals surface area contributed by atoms with E-state index in [1.165, 1.54) is 5.56 Å². The second kappa shape index (κ2) is 12.6. The largest absolute Gasteiger partial charge is 0.475 e. The summed E-state index contributed by atoms with van der Waals surface area (Å²) in [6.07, 6.45) is 1.80. The number of guanidine groups is 1. The molecule has 0 aliphatic rings. The van der Waals surface area contributed by atoms with Gasteiger partial charge in [-0.1, -0.05) is 50.2 Å². The number of nitrogens with zero attached hydrogens (tertiary/aromatic N) is 2. The molecule has 0 saturated carbocycles. The minimum Gasteiger partial charge on any atom is -0.475 e. The van der Waals surface area contributed by atoms with Gasteiger partial charge in [0.15, 0.2) is 5.96 Å². The van der Waals surface area contributed by atoms with Crippen molar-refractivity contribution in [2.24, 2.45) is 4.99 Å². The van der Waals surface area contributed by atoms with E-state index in [0.717, 1.165) is 18.1 Å². The quantitative estimate of drug-likeness (QED) is 0.240. The molecule has 0 atom stereocenters. The minimum absolute atomic E-state index is 0. The van der Waals surface area contributed by atoms with E-state index >= 15 is 0 Å². The molecule has 1 heterocycles. The summed E-state index contributed by atoms with van der Waals surface area (Å²) in [6, 6.07) is 14.3. The third-order valence-corrected chi connectivity index (χ3v) is 4.27. The van der Waals surface area contributed by atoms with E-state index in [1.807, 2.05) is 18.2 Å². The van der Waals surface area contributed by atoms with E-state index in [1.54, 1.807) is 20.4 Å². The third-order valence-electron chi connectivity index (χ3n) is 4.27. The Hall–Kier alpha value is -1.87. The lowest BCUT2D eigenvalue weighted by Gasteiger charge is -2.26. The Labute approximate surface area is 185 Å². The van der Waals surface area contributed by atoms with Crippen LogP contribution >= 0.6 is 24.0 Å². The molecule has 1 aromatic heterocycles. The van der Waals surface area contributed by atoms with E-state index in [4.69, 9.17) is 9.47 Å². The maximum absolute atomic E-state index is 5.47. The molecule has 154 valence electrons. The Kier molecular flexibility index (Phi) is 10.8. The summed E-state index contributed by atoms with van der Waals surface area (Å²) in [7, 11) is 3.42. The lowest BCUT2D eigenvalue weighted by atomic mass is 9.85. The van der Waals surface area contributed by atoms with Gasteiger partial charge in [0.25, 0.3) is 0 Å². The zero-order chi connectivity index (χ0) is 19.5. The zero-order valence-corrected chi connectivity index (χ0v) is 19.4. The molecule has 0 saturated heterocycles. The molecule has 7 heteroatoms. The predicted molar refractivity (Wildman–Crippen MR) is 125 cm³/mol. The van der Waals surface area contributed by atoms with Crippen molar-refractivity contribution in [3.8, 4) is 5.88 Å². The van der Waals surface area contributed by atoms with Crippen LogP contribution < -0.4 is 15.4 Å². The fourth-order valence-corrected chi connectivity index (χ4v) is 2.53. The highest BCUT2D eigenvalue weighted by Crippen LogP contribution is 2.21. The Balaban J connectivity index is 0.00000392. The second-order valence-corrected chi connectivity index (χ2v) is 6.88. The van der Waals surface area contributed by atoms with Gasteiger partial charge in [0.1, 0.15) is 6.61 Å². The summed E-state index contributed by atoms with van der Waals surface area (Å²) in [5, 5.41) is 6.72. The molecule has 6 nitrogen and oxygen atoms in total. The molecule has 0 unspecified atom stereocenters. The smallest absolute Gasteiger partial charge is 0.213 e. The molecule has 0 amide bonds. The van der Waals surface area contributed by atoms with Gasteiger partial charge in [0, 0.05) is 44.9 Å². The van der Waals surface area contributed by atoms with Crippen LogP contribution in [0.4, 0.5) is 0 Å². The maximum Gasteiger partial charge on any atom is 0.213 e. The number of benzene rings is 1. The summed E-state index contributed by atoms with van der Waals surface area (Å²) >= 11 is 0. The van der Waals surface area contributed by atoms with E-state index in [0.29, 0.717) is 25.6 Å². The van der Waals surface area contributed by atoms with Gasteiger partial charge in [-0.3, -0.25) is 4.99 Å². The summed E-state index contributed by atoms with van der Waals surface area (Å²) in [5.74, 6) is 1.36. The fourth-order valence-electron chi connectivity index (χ4n) is 2.53. The van der Waals surface area contributed by atoms with Crippen molar-refractivity contribution in [3.05, 3.63) is 59.8 Å². The molecule has 1 aromatic carbocycles. The number of nitrogens with one attached hydrogen (secondary N) is 2. The molecule has 2 rings (SSSR count). The second-order valence-electron chi connectivity index (χ2n) is 6.88. The number of aliphatic imine (C=N–C) groups is 1. The molecule has 0 aliphatic carbocycles. The van der Waals surface area contributed by atoms with Crippen molar-refractivity contribution in [3.63, 3.8) is 0 Å². The Morgan fingerprint density at radius 2 is 1.82 bits per heavy atom. The van der Waals surface area contributed by atoms with Gasteiger partial charge in [-0.15, -0.1) is 24.0 Å². The van der Waals surface area contributed by atoms with E-state index in [9.17, 15) is 0 Å². The van der Waals surface area contributed by atoms with Crippen molar-refractivity contribution < 1.29 is 9.47 Å². The number of methoxy groups -OCH3 is 1. The first-order chi connectivity index (χ1) is 13.0. The fraction of sp³-hybridized carbons (Fsp3) is 0.429. The normalized spacial score (nSPS) is 11.5. The number of hydrogen-bond donors (Lipinski definition) is 2. The number of aromatic nitrogens is 1. The molecule has 2 N–H and O–H groups in total. The van der Waals surface area contributed by atoms with Gasteiger partial charge < -0.3 is 20.1 Å². The van der Waals surface area contributed by atoms with Gasteiger partial charge in [-0.05, 0) is 11.1 Å². The first-order valence-corrected chi connectivity index (χ1v) is 9.12. The standard InChI is InChI=1S/C21H30N4O2.HI/c1-21(2,18-8-6-5-7-9-18)16-25-20(22-3)24-15-17-10-11-19(23-14-17)27-13-12-26-4;/h5-11,14H,12-13,15-16H2,1-4H3,(H2,22,24,25);1H. The van der Waals surface area contributed by atoms with Crippen molar-refractivity contribution >= 4 is 29.9 Å². The molecular weight excluding hydrogens is 467 g/mol. The number of rotatable bonds is 9. The van der Waals surface area contributed by atoms with Crippen LogP contribution in [0, 0.1) is 0 Å². The van der Waals surface area contributed by atoms with Crippen LogP contribution in [0.25, 0.3) is 0 Å². The Morgan fingerprint density at radius 3 is 2.43 bits per heavy atom. The van der Waals surface area contributed by atoms with Gasteiger partial charge in [0.2, 0.25) is 5.88 Å². The highest BCUT2D eigenvalue weighted by molar-refractivity contribution is 14.0. The molecule has 0 spiro atoms. The van der Waals surface area contributed by atoms with E-state index in [-0.39, 0.29) is 29.4 Å². The zero-order valence-electron chi connectivity index (χ0n) is 17.1. The molecule has 0 radical (unpaired) electrons. The number of hydrogen-bond acceptors (Lipinski definition) is 4. The van der Waals surface area contributed by atoms with E-state index < -0.39 is 0 Å². The van der Waals surface area contributed by atoms with Crippen LogP contribution in [0.1, 0.15) is 25.0 Å². The maximum atomic E-state index is 5.47. The van der Waals surface area contributed by atoms with Crippen LogP contribution in [0.5, 0.6) is 5.88 Å². The SMILES string of the molecule is CN=C(NCc1ccc(OCCOC)nc1)NCC(C)(C)c1ccccc1.I. The van der Waals surface area contributed by atoms with Crippen LogP contribution in [0.15, 0.2) is 53.7 Å². The molecule has 28 heavy (non-hydrogen) atoms. The number of ether oxygens (including phenoxy) is 2. The van der Waals surface area contributed by atoms with Crippen LogP contribution in [0.3, 0.4) is 0 Å². The van der Waals surface area contributed by atoms with Gasteiger partial charge in [0.05, 0.1) is 6.61 Å². The van der Waals surface area contributed by atoms with Gasteiger partial charge in [-0.2, -0.15) is 0 Å². The molecular formula is C21H31IN4O2. The summed E-state index contributed by atoms with van der Waals surface area (Å²) < 4.78 is 10.4. The van der Waals surface area contributed by atoms with Crippen molar-refractivity contribution in [1.29, 1.82) is 0 Å². The van der Waals surface area contributed by atoms with Crippen LogP contribution in [0.2, 0.25) is 0 Å². The predicted octanol–water partition coefficient (Wildman–Crippen LogP) is 3.37. The van der Waals surface area contributed by atoms with Crippen LogP contribution in [-0.4, -0.2) is 44.9 Å². The molecule has 0 bridgehead atoms. The summed E-state index contributed by atoms with van der Waals surface area (Å²) in [5.41, 5.74) is 2.35. The first-order valence-electron chi connectivity index (χ1n) is 9.12.